The number of nitrogens with zero attached hydrogens (tertiary/aromatic N) is 2. The molecule has 0 aliphatic carbocycles. The molecule has 112 valence electrons. The Kier molecular flexibility index (Phi) is 3.93. The van der Waals surface area contributed by atoms with E-state index in [1.54, 1.807) is 42.6 Å². The molecule has 0 radical (unpaired) electrons. The molecule has 0 unspecified atom stereocenters. The van der Waals surface area contributed by atoms with E-state index in [9.17, 15) is 9.59 Å². The highest BCUT2D eigenvalue weighted by Gasteiger charge is 2.28. The van der Waals surface area contributed by atoms with Crippen molar-refractivity contribution in [3.05, 3.63) is 47.6 Å². The molecule has 3 rings (SSSR count). The van der Waals surface area contributed by atoms with Crippen LogP contribution in [0.1, 0.15) is 0 Å². The molecular weight excluding hydrogens is 306 g/mol. The van der Waals surface area contributed by atoms with Crippen LogP contribution in [0.3, 0.4) is 0 Å². The van der Waals surface area contributed by atoms with Gasteiger partial charge < -0.3 is 10.1 Å². The maximum atomic E-state index is 12.1. The van der Waals surface area contributed by atoms with E-state index in [2.05, 4.69) is 10.3 Å². The van der Waals surface area contributed by atoms with Gasteiger partial charge in [-0.2, -0.15) is 0 Å². The lowest BCUT2D eigenvalue weighted by Gasteiger charge is -2.27. The molecule has 2 aromatic rings. The van der Waals surface area contributed by atoms with Gasteiger partial charge in [-0.25, -0.2) is 4.98 Å². The molecule has 0 bridgehead atoms. The Morgan fingerprint density at radius 3 is 3.05 bits per heavy atom. The van der Waals surface area contributed by atoms with Gasteiger partial charge in [0, 0.05) is 16.9 Å². The van der Waals surface area contributed by atoms with E-state index < -0.39 is 0 Å². The van der Waals surface area contributed by atoms with Crippen molar-refractivity contribution in [1.29, 1.82) is 0 Å². The van der Waals surface area contributed by atoms with Crippen LogP contribution in [0, 0.1) is 0 Å². The zero-order valence-corrected chi connectivity index (χ0v) is 12.2. The second kappa shape index (κ2) is 6.03. The summed E-state index contributed by atoms with van der Waals surface area (Å²) in [6, 6.07) is 10.2. The lowest BCUT2D eigenvalue weighted by Crippen LogP contribution is -2.43. The highest BCUT2D eigenvalue weighted by molar-refractivity contribution is 6.30. The first-order chi connectivity index (χ1) is 10.6. The van der Waals surface area contributed by atoms with Gasteiger partial charge in [-0.1, -0.05) is 17.7 Å². The summed E-state index contributed by atoms with van der Waals surface area (Å²) in [7, 11) is 0. The first-order valence-electron chi connectivity index (χ1n) is 6.57. The Bertz CT molecular complexity index is 735. The fraction of sp³-hybridized carbons (Fsp3) is 0.133. The molecule has 2 heterocycles. The molecule has 1 aliphatic heterocycles. The quantitative estimate of drug-likeness (QED) is 0.941. The van der Waals surface area contributed by atoms with Crippen molar-refractivity contribution in [3.63, 3.8) is 0 Å². The van der Waals surface area contributed by atoms with Crippen LogP contribution in [0.4, 0.5) is 11.5 Å². The van der Waals surface area contributed by atoms with E-state index in [1.165, 1.54) is 4.90 Å². The third kappa shape index (κ3) is 3.01. The van der Waals surface area contributed by atoms with Gasteiger partial charge >= 0.3 is 0 Å². The van der Waals surface area contributed by atoms with Crippen molar-refractivity contribution < 1.29 is 14.3 Å². The number of pyridine rings is 1. The zero-order valence-electron chi connectivity index (χ0n) is 11.5. The van der Waals surface area contributed by atoms with E-state index in [-0.39, 0.29) is 25.0 Å². The summed E-state index contributed by atoms with van der Waals surface area (Å²) in [5.41, 5.74) is 0.569. The average Bonchev–Trinajstić information content (AvgIpc) is 2.50. The Hall–Kier alpha value is -2.60. The van der Waals surface area contributed by atoms with Crippen molar-refractivity contribution in [2.45, 2.75) is 0 Å². The Balaban J connectivity index is 1.75. The second-order valence-electron chi connectivity index (χ2n) is 4.65. The SMILES string of the molecule is O=C(CN1C(=O)COc2cccnc21)Nc1cccc(Cl)c1. The van der Waals surface area contributed by atoms with Crippen LogP contribution in [-0.2, 0) is 9.59 Å². The number of nitrogens with one attached hydrogen (secondary N) is 1. The van der Waals surface area contributed by atoms with Gasteiger partial charge in [0.15, 0.2) is 18.2 Å². The number of anilines is 2. The summed E-state index contributed by atoms with van der Waals surface area (Å²) < 4.78 is 5.28. The minimum Gasteiger partial charge on any atom is -0.480 e. The Morgan fingerprint density at radius 2 is 2.23 bits per heavy atom. The number of hydrogen-bond donors (Lipinski definition) is 1. The molecule has 0 saturated carbocycles. The van der Waals surface area contributed by atoms with E-state index in [1.807, 2.05) is 0 Å². The number of halogens is 1. The number of ether oxygens (including phenoxy) is 1. The lowest BCUT2D eigenvalue weighted by molar-refractivity contribution is -0.123. The number of rotatable bonds is 3. The fourth-order valence-corrected chi connectivity index (χ4v) is 2.30. The van der Waals surface area contributed by atoms with Gasteiger partial charge in [-0.3, -0.25) is 14.5 Å². The maximum absolute atomic E-state index is 12.1. The van der Waals surface area contributed by atoms with Crippen LogP contribution in [-0.4, -0.2) is 29.9 Å². The zero-order chi connectivity index (χ0) is 15.5. The first-order valence-corrected chi connectivity index (χ1v) is 6.95. The molecule has 1 N–H and O–H groups in total. The number of hydrogen-bond acceptors (Lipinski definition) is 4. The van der Waals surface area contributed by atoms with Crippen LogP contribution in [0.2, 0.25) is 5.02 Å². The summed E-state index contributed by atoms with van der Waals surface area (Å²) in [5.74, 6) is 0.180. The van der Waals surface area contributed by atoms with E-state index >= 15 is 0 Å². The molecule has 7 heteroatoms. The number of fused-ring (bicyclic) bond motifs is 1. The number of amides is 2. The molecule has 1 aromatic heterocycles. The molecule has 2 amide bonds. The molecule has 0 fully saturated rings. The van der Waals surface area contributed by atoms with Crippen LogP contribution < -0.4 is 15.0 Å². The predicted molar refractivity (Wildman–Crippen MR) is 82.2 cm³/mol. The average molecular weight is 318 g/mol. The first kappa shape index (κ1) is 14.3. The third-order valence-electron chi connectivity index (χ3n) is 3.07. The van der Waals surface area contributed by atoms with Gasteiger partial charge in [0.25, 0.3) is 5.91 Å². The van der Waals surface area contributed by atoms with Gasteiger partial charge in [-0.15, -0.1) is 0 Å². The van der Waals surface area contributed by atoms with Crippen molar-refractivity contribution in [2.24, 2.45) is 0 Å². The predicted octanol–water partition coefficient (Wildman–Crippen LogP) is 2.10. The van der Waals surface area contributed by atoms with Crippen molar-refractivity contribution in [2.75, 3.05) is 23.4 Å². The largest absolute Gasteiger partial charge is 0.480 e. The highest BCUT2D eigenvalue weighted by Crippen LogP contribution is 2.28. The van der Waals surface area contributed by atoms with E-state index in [0.29, 0.717) is 22.3 Å². The second-order valence-corrected chi connectivity index (χ2v) is 5.09. The lowest BCUT2D eigenvalue weighted by atomic mass is 10.3. The standard InChI is InChI=1S/C15H12ClN3O3/c16-10-3-1-4-11(7-10)18-13(20)8-19-14(21)9-22-12-5-2-6-17-15(12)19/h1-7H,8-9H2,(H,18,20). The van der Waals surface area contributed by atoms with Crippen molar-refractivity contribution in [1.82, 2.24) is 4.98 Å². The molecule has 22 heavy (non-hydrogen) atoms. The molecule has 0 saturated heterocycles. The van der Waals surface area contributed by atoms with Crippen LogP contribution >= 0.6 is 11.6 Å². The van der Waals surface area contributed by atoms with Gasteiger partial charge in [0.2, 0.25) is 5.91 Å². The summed E-state index contributed by atoms with van der Waals surface area (Å²) in [5, 5.41) is 3.22. The summed E-state index contributed by atoms with van der Waals surface area (Å²) in [6.45, 7) is -0.248. The topological polar surface area (TPSA) is 71.5 Å². The molecule has 0 spiro atoms. The third-order valence-corrected chi connectivity index (χ3v) is 3.30. The highest BCUT2D eigenvalue weighted by atomic mass is 35.5. The van der Waals surface area contributed by atoms with Gasteiger partial charge in [0.1, 0.15) is 6.54 Å². The van der Waals surface area contributed by atoms with E-state index in [4.69, 9.17) is 16.3 Å². The Labute approximate surface area is 131 Å². The number of aromatic nitrogens is 1. The summed E-state index contributed by atoms with van der Waals surface area (Å²) in [4.78, 5) is 29.5. The number of carbonyl (C=O) groups is 2. The summed E-state index contributed by atoms with van der Waals surface area (Å²) >= 11 is 5.87. The minimum absolute atomic E-state index is 0.108. The molecule has 6 nitrogen and oxygen atoms in total. The van der Waals surface area contributed by atoms with Crippen molar-refractivity contribution in [3.8, 4) is 5.75 Å². The normalized spacial score (nSPS) is 13.3. The van der Waals surface area contributed by atoms with Crippen molar-refractivity contribution >= 4 is 34.9 Å². The number of carbonyl (C=O) groups excluding carboxylic acids is 2. The van der Waals surface area contributed by atoms with Crippen LogP contribution in [0.5, 0.6) is 5.75 Å². The maximum Gasteiger partial charge on any atom is 0.266 e. The molecular formula is C15H12ClN3O3. The fourth-order valence-electron chi connectivity index (χ4n) is 2.11. The number of benzene rings is 1. The Morgan fingerprint density at radius 1 is 1.36 bits per heavy atom. The minimum atomic E-state index is -0.339. The molecule has 1 aromatic carbocycles. The monoisotopic (exact) mass is 317 g/mol. The van der Waals surface area contributed by atoms with E-state index in [0.717, 1.165) is 0 Å². The van der Waals surface area contributed by atoms with Crippen LogP contribution in [0.15, 0.2) is 42.6 Å². The van der Waals surface area contributed by atoms with Gasteiger partial charge in [-0.05, 0) is 30.3 Å². The van der Waals surface area contributed by atoms with Gasteiger partial charge in [0.05, 0.1) is 0 Å². The molecule has 1 aliphatic rings. The molecule has 0 atom stereocenters. The van der Waals surface area contributed by atoms with Crippen LogP contribution in [0.25, 0.3) is 0 Å². The smallest absolute Gasteiger partial charge is 0.266 e. The summed E-state index contributed by atoms with van der Waals surface area (Å²) in [6.07, 6.45) is 1.54.